The van der Waals surface area contributed by atoms with E-state index in [4.69, 9.17) is 5.11 Å². The molecule has 0 unspecified atom stereocenters. The summed E-state index contributed by atoms with van der Waals surface area (Å²) in [5, 5.41) is 9.16. The predicted octanol–water partition coefficient (Wildman–Crippen LogP) is 0.263. The second-order valence-electron chi connectivity index (χ2n) is 4.22. The fourth-order valence-electron chi connectivity index (χ4n) is 1.12. The van der Waals surface area contributed by atoms with E-state index in [1.165, 1.54) is 11.1 Å². The number of carbonyl (C=O) groups excluding carboxylic acids is 1. The van der Waals surface area contributed by atoms with Crippen molar-refractivity contribution in [3.05, 3.63) is 18.2 Å². The molecule has 0 aliphatic carbocycles. The van der Waals surface area contributed by atoms with Crippen LogP contribution in [0.4, 0.5) is 0 Å². The number of imidazole rings is 1. The van der Waals surface area contributed by atoms with Crippen LogP contribution in [0.2, 0.25) is 0 Å². The van der Waals surface area contributed by atoms with E-state index < -0.39 is 5.54 Å². The molecule has 0 saturated carbocycles. The first-order valence-corrected chi connectivity index (χ1v) is 4.75. The zero-order valence-corrected chi connectivity index (χ0v) is 9.56. The molecule has 0 atom stereocenters. The Balaban J connectivity index is 2.92. The summed E-state index contributed by atoms with van der Waals surface area (Å²) in [4.78, 5) is 17.4. The van der Waals surface area contributed by atoms with Crippen molar-refractivity contribution in [2.75, 3.05) is 13.7 Å². The highest BCUT2D eigenvalue weighted by molar-refractivity contribution is 5.92. The molecule has 0 bridgehead atoms. The fraction of sp³-hybridized carbons (Fsp3) is 0.600. The number of likely N-dealkylation sites (N-methyl/N-ethyl adjacent to an activating group) is 1. The number of aliphatic hydroxyl groups excluding tert-OH is 1. The SMILES string of the molecule is CN(C(=O)c1cncn1C)C(C)(C)CO. The van der Waals surface area contributed by atoms with Gasteiger partial charge < -0.3 is 14.6 Å². The van der Waals surface area contributed by atoms with E-state index in [0.717, 1.165) is 0 Å². The van der Waals surface area contributed by atoms with Crippen LogP contribution in [0.3, 0.4) is 0 Å². The molecule has 0 radical (unpaired) electrons. The van der Waals surface area contributed by atoms with Crippen molar-refractivity contribution in [1.82, 2.24) is 14.5 Å². The minimum atomic E-state index is -0.568. The minimum absolute atomic E-state index is 0.0763. The van der Waals surface area contributed by atoms with Crippen molar-refractivity contribution in [2.45, 2.75) is 19.4 Å². The molecule has 0 spiro atoms. The molecular weight excluding hydrogens is 194 g/mol. The summed E-state index contributed by atoms with van der Waals surface area (Å²) >= 11 is 0. The lowest BCUT2D eigenvalue weighted by atomic mass is 10.0. The number of aliphatic hydroxyl groups is 1. The average Bonchev–Trinajstić information content (AvgIpc) is 2.62. The van der Waals surface area contributed by atoms with Crippen LogP contribution in [0.1, 0.15) is 24.3 Å². The first-order valence-electron chi connectivity index (χ1n) is 4.75. The third kappa shape index (κ3) is 2.18. The van der Waals surface area contributed by atoms with Crippen LogP contribution in [0.15, 0.2) is 12.5 Å². The number of nitrogens with zero attached hydrogens (tertiary/aromatic N) is 3. The lowest BCUT2D eigenvalue weighted by molar-refractivity contribution is 0.0464. The molecule has 0 aliphatic rings. The van der Waals surface area contributed by atoms with Gasteiger partial charge in [-0.15, -0.1) is 0 Å². The molecular formula is C10H17N3O2. The Morgan fingerprint density at radius 1 is 1.67 bits per heavy atom. The molecule has 5 heteroatoms. The molecule has 1 aromatic rings. The second kappa shape index (κ2) is 4.02. The van der Waals surface area contributed by atoms with Crippen molar-refractivity contribution in [3.63, 3.8) is 0 Å². The molecule has 0 aromatic carbocycles. The normalized spacial score (nSPS) is 11.5. The van der Waals surface area contributed by atoms with Gasteiger partial charge in [-0.05, 0) is 13.8 Å². The summed E-state index contributed by atoms with van der Waals surface area (Å²) < 4.78 is 1.66. The second-order valence-corrected chi connectivity index (χ2v) is 4.22. The topological polar surface area (TPSA) is 58.4 Å². The van der Waals surface area contributed by atoms with Crippen molar-refractivity contribution in [2.24, 2.45) is 7.05 Å². The van der Waals surface area contributed by atoms with Crippen LogP contribution >= 0.6 is 0 Å². The number of hydrogen-bond donors (Lipinski definition) is 1. The van der Waals surface area contributed by atoms with E-state index in [-0.39, 0.29) is 12.5 Å². The van der Waals surface area contributed by atoms with Crippen molar-refractivity contribution in [3.8, 4) is 0 Å². The van der Waals surface area contributed by atoms with Gasteiger partial charge in [0.05, 0.1) is 24.7 Å². The maximum Gasteiger partial charge on any atom is 0.272 e. The average molecular weight is 211 g/mol. The molecule has 1 rings (SSSR count). The third-order valence-corrected chi connectivity index (χ3v) is 2.64. The Labute approximate surface area is 89.3 Å². The summed E-state index contributed by atoms with van der Waals surface area (Å²) in [6, 6.07) is 0. The predicted molar refractivity (Wildman–Crippen MR) is 56.5 cm³/mol. The molecule has 1 aromatic heterocycles. The summed E-state index contributed by atoms with van der Waals surface area (Å²) in [7, 11) is 3.44. The van der Waals surface area contributed by atoms with Gasteiger partial charge in [-0.1, -0.05) is 0 Å². The van der Waals surface area contributed by atoms with E-state index in [2.05, 4.69) is 4.98 Å². The van der Waals surface area contributed by atoms with Crippen molar-refractivity contribution < 1.29 is 9.90 Å². The van der Waals surface area contributed by atoms with E-state index in [1.54, 1.807) is 38.8 Å². The lowest BCUT2D eigenvalue weighted by Gasteiger charge is -2.33. The summed E-state index contributed by atoms with van der Waals surface area (Å²) in [6.45, 7) is 3.54. The molecule has 1 amide bonds. The monoisotopic (exact) mass is 211 g/mol. The number of hydrogen-bond acceptors (Lipinski definition) is 3. The maximum atomic E-state index is 12.0. The van der Waals surface area contributed by atoms with Crippen molar-refractivity contribution >= 4 is 5.91 Å². The first kappa shape index (κ1) is 11.7. The van der Waals surface area contributed by atoms with E-state index >= 15 is 0 Å². The summed E-state index contributed by atoms with van der Waals surface area (Å²) in [5.41, 5.74) is -0.0551. The quantitative estimate of drug-likeness (QED) is 0.780. The van der Waals surface area contributed by atoms with Crippen LogP contribution in [-0.2, 0) is 7.05 Å². The van der Waals surface area contributed by atoms with Gasteiger partial charge >= 0.3 is 0 Å². The highest BCUT2D eigenvalue weighted by atomic mass is 16.3. The van der Waals surface area contributed by atoms with E-state index in [1.807, 2.05) is 0 Å². The van der Waals surface area contributed by atoms with Crippen LogP contribution in [0.25, 0.3) is 0 Å². The molecule has 84 valence electrons. The van der Waals surface area contributed by atoms with Gasteiger partial charge in [-0.2, -0.15) is 0 Å². The number of rotatable bonds is 3. The Hall–Kier alpha value is -1.36. The number of amides is 1. The highest BCUT2D eigenvalue weighted by Gasteiger charge is 2.28. The number of aromatic nitrogens is 2. The van der Waals surface area contributed by atoms with Gasteiger partial charge in [0.1, 0.15) is 5.69 Å². The Morgan fingerprint density at radius 3 is 2.67 bits per heavy atom. The third-order valence-electron chi connectivity index (χ3n) is 2.64. The standard InChI is InChI=1S/C10H17N3O2/c1-10(2,6-14)13(4)9(15)8-5-11-7-12(8)3/h5,7,14H,6H2,1-4H3. The number of carbonyl (C=O) groups is 1. The van der Waals surface area contributed by atoms with Gasteiger partial charge in [0.15, 0.2) is 0 Å². The molecule has 15 heavy (non-hydrogen) atoms. The molecule has 0 aliphatic heterocycles. The van der Waals surface area contributed by atoms with Gasteiger partial charge in [0, 0.05) is 14.1 Å². The smallest absolute Gasteiger partial charge is 0.272 e. The Bertz CT molecular complexity index is 357. The Morgan fingerprint density at radius 2 is 2.27 bits per heavy atom. The molecule has 1 heterocycles. The van der Waals surface area contributed by atoms with Crippen LogP contribution < -0.4 is 0 Å². The molecule has 0 saturated heterocycles. The largest absolute Gasteiger partial charge is 0.394 e. The van der Waals surface area contributed by atoms with Crippen LogP contribution in [0.5, 0.6) is 0 Å². The highest BCUT2D eigenvalue weighted by Crippen LogP contribution is 2.14. The zero-order valence-electron chi connectivity index (χ0n) is 9.56. The maximum absolute atomic E-state index is 12.0. The fourth-order valence-corrected chi connectivity index (χ4v) is 1.12. The van der Waals surface area contributed by atoms with E-state index in [0.29, 0.717) is 5.69 Å². The first-order chi connectivity index (χ1) is 6.90. The molecule has 1 N–H and O–H groups in total. The lowest BCUT2D eigenvalue weighted by Crippen LogP contribution is -2.48. The van der Waals surface area contributed by atoms with E-state index in [9.17, 15) is 4.79 Å². The minimum Gasteiger partial charge on any atom is -0.394 e. The summed E-state index contributed by atoms with van der Waals surface area (Å²) in [6.07, 6.45) is 3.10. The van der Waals surface area contributed by atoms with Crippen molar-refractivity contribution in [1.29, 1.82) is 0 Å². The zero-order chi connectivity index (χ0) is 11.6. The molecule has 5 nitrogen and oxygen atoms in total. The van der Waals surface area contributed by atoms with Crippen LogP contribution in [0, 0.1) is 0 Å². The number of aryl methyl sites for hydroxylation is 1. The Kier molecular flexibility index (Phi) is 3.14. The van der Waals surface area contributed by atoms with Gasteiger partial charge in [-0.25, -0.2) is 4.98 Å². The van der Waals surface area contributed by atoms with Gasteiger partial charge in [-0.3, -0.25) is 4.79 Å². The van der Waals surface area contributed by atoms with Crippen LogP contribution in [-0.4, -0.2) is 44.7 Å². The van der Waals surface area contributed by atoms with Gasteiger partial charge in [0.25, 0.3) is 5.91 Å². The summed E-state index contributed by atoms with van der Waals surface area (Å²) in [5.74, 6) is -0.144. The molecule has 0 fully saturated rings. The van der Waals surface area contributed by atoms with Gasteiger partial charge in [0.2, 0.25) is 0 Å².